The van der Waals surface area contributed by atoms with Crippen molar-refractivity contribution in [2.45, 2.75) is 4.90 Å². The molecule has 1 heterocycles. The van der Waals surface area contributed by atoms with Gasteiger partial charge in [0.15, 0.2) is 0 Å². The molecule has 0 aromatic heterocycles. The van der Waals surface area contributed by atoms with Crippen LogP contribution in [0.2, 0.25) is 0 Å². The van der Waals surface area contributed by atoms with Crippen molar-refractivity contribution in [2.24, 2.45) is 4.40 Å². The third-order valence-corrected chi connectivity index (χ3v) is 3.37. The molecule has 1 aromatic carbocycles. The van der Waals surface area contributed by atoms with Crippen molar-refractivity contribution in [3.05, 3.63) is 29.8 Å². The van der Waals surface area contributed by atoms with Crippen LogP contribution in [0.5, 0.6) is 0 Å². The van der Waals surface area contributed by atoms with Gasteiger partial charge in [-0.2, -0.15) is 8.42 Å². The van der Waals surface area contributed by atoms with Crippen LogP contribution in [0.15, 0.2) is 33.6 Å². The predicted octanol–water partition coefficient (Wildman–Crippen LogP) is -0.190. The number of nitrogens with zero attached hydrogens (tertiary/aromatic N) is 1. The molecule has 2 N–H and O–H groups in total. The first kappa shape index (κ1) is 10.6. The van der Waals surface area contributed by atoms with Crippen LogP contribution in [0.3, 0.4) is 0 Å². The molecular weight excluding hydrogens is 232 g/mol. The molecule has 1 aromatic rings. The summed E-state index contributed by atoms with van der Waals surface area (Å²) in [5.41, 5.74) is 0.406. The molecule has 0 bridgehead atoms. The maximum atomic E-state index is 11.5. The minimum absolute atomic E-state index is 0.0815. The molecule has 1 aliphatic rings. The van der Waals surface area contributed by atoms with E-state index in [0.717, 1.165) is 0 Å². The first-order valence-corrected chi connectivity index (χ1v) is 5.85. The second-order valence-electron chi connectivity index (χ2n) is 3.16. The van der Waals surface area contributed by atoms with Crippen molar-refractivity contribution in [1.82, 2.24) is 5.32 Å². The number of carbonyl (C=O) groups is 1. The van der Waals surface area contributed by atoms with Crippen LogP contribution < -0.4 is 5.32 Å². The number of carboxylic acid groups (broad SMARTS) is 1. The summed E-state index contributed by atoms with van der Waals surface area (Å²) in [6.45, 7) is -0.372. The highest BCUT2D eigenvalue weighted by atomic mass is 32.2. The van der Waals surface area contributed by atoms with Gasteiger partial charge in [0.25, 0.3) is 10.0 Å². The van der Waals surface area contributed by atoms with E-state index >= 15 is 0 Å². The SMILES string of the molecule is O=C(O)CNC1=NS(=O)(=O)c2ccccc21. The molecule has 0 amide bonds. The molecule has 7 heteroatoms. The third kappa shape index (κ3) is 1.76. The molecule has 1 aliphatic heterocycles. The fraction of sp³-hybridized carbons (Fsp3) is 0.111. The highest BCUT2D eigenvalue weighted by Gasteiger charge is 2.28. The number of benzene rings is 1. The van der Waals surface area contributed by atoms with E-state index in [4.69, 9.17) is 5.11 Å². The number of carboxylic acids is 1. The van der Waals surface area contributed by atoms with Gasteiger partial charge in [-0.3, -0.25) is 4.79 Å². The van der Waals surface area contributed by atoms with Crippen molar-refractivity contribution in [1.29, 1.82) is 0 Å². The Labute approximate surface area is 91.7 Å². The Balaban J connectivity index is 2.39. The van der Waals surface area contributed by atoms with Gasteiger partial charge < -0.3 is 10.4 Å². The van der Waals surface area contributed by atoms with E-state index in [0.29, 0.717) is 5.56 Å². The summed E-state index contributed by atoms with van der Waals surface area (Å²) < 4.78 is 26.5. The second kappa shape index (κ2) is 3.60. The van der Waals surface area contributed by atoms with E-state index < -0.39 is 16.0 Å². The maximum Gasteiger partial charge on any atom is 0.322 e. The lowest BCUT2D eigenvalue weighted by Gasteiger charge is -2.02. The molecule has 0 saturated carbocycles. The van der Waals surface area contributed by atoms with E-state index in [-0.39, 0.29) is 17.3 Å². The van der Waals surface area contributed by atoms with Crippen molar-refractivity contribution >= 4 is 21.8 Å². The highest BCUT2D eigenvalue weighted by Crippen LogP contribution is 2.24. The maximum absolute atomic E-state index is 11.5. The fourth-order valence-corrected chi connectivity index (χ4v) is 2.59. The standard InChI is InChI=1S/C9H8N2O4S/c12-8(13)5-10-9-6-3-1-2-4-7(6)16(14,15)11-9/h1-4H,5H2,(H,10,11)(H,12,13). The Kier molecular flexibility index (Phi) is 2.39. The van der Waals surface area contributed by atoms with Gasteiger partial charge in [-0.05, 0) is 12.1 Å². The van der Waals surface area contributed by atoms with Crippen LogP contribution in [0.4, 0.5) is 0 Å². The van der Waals surface area contributed by atoms with Gasteiger partial charge in [-0.1, -0.05) is 12.1 Å². The van der Waals surface area contributed by atoms with Gasteiger partial charge in [0.2, 0.25) is 0 Å². The largest absolute Gasteiger partial charge is 0.480 e. The molecular formula is C9H8N2O4S. The monoisotopic (exact) mass is 240 g/mol. The Morgan fingerprint density at radius 2 is 2.06 bits per heavy atom. The van der Waals surface area contributed by atoms with Crippen molar-refractivity contribution < 1.29 is 18.3 Å². The minimum Gasteiger partial charge on any atom is -0.480 e. The smallest absolute Gasteiger partial charge is 0.322 e. The zero-order valence-electron chi connectivity index (χ0n) is 8.04. The zero-order valence-corrected chi connectivity index (χ0v) is 8.86. The van der Waals surface area contributed by atoms with Gasteiger partial charge in [0, 0.05) is 5.56 Å². The second-order valence-corrected chi connectivity index (χ2v) is 4.73. The number of hydrogen-bond donors (Lipinski definition) is 2. The summed E-state index contributed by atoms with van der Waals surface area (Å²) in [5, 5.41) is 10.9. The molecule has 2 rings (SSSR count). The van der Waals surface area contributed by atoms with Gasteiger partial charge in [0.1, 0.15) is 17.3 Å². The van der Waals surface area contributed by atoms with Gasteiger partial charge >= 0.3 is 5.97 Å². The Morgan fingerprint density at radius 1 is 1.38 bits per heavy atom. The number of fused-ring (bicyclic) bond motifs is 1. The summed E-state index contributed by atoms with van der Waals surface area (Å²) in [7, 11) is -3.67. The number of rotatable bonds is 2. The molecule has 84 valence electrons. The van der Waals surface area contributed by atoms with Gasteiger partial charge in [0.05, 0.1) is 0 Å². The van der Waals surface area contributed by atoms with Crippen molar-refractivity contribution in [3.8, 4) is 0 Å². The summed E-state index contributed by atoms with van der Waals surface area (Å²) in [6, 6.07) is 6.26. The van der Waals surface area contributed by atoms with Crippen LogP contribution in [-0.4, -0.2) is 31.9 Å². The van der Waals surface area contributed by atoms with E-state index in [2.05, 4.69) is 9.71 Å². The molecule has 0 unspecified atom stereocenters. The molecule has 0 fully saturated rings. The van der Waals surface area contributed by atoms with Gasteiger partial charge in [-0.15, -0.1) is 4.40 Å². The molecule has 16 heavy (non-hydrogen) atoms. The fourth-order valence-electron chi connectivity index (χ4n) is 1.39. The summed E-state index contributed by atoms with van der Waals surface area (Å²) in [6.07, 6.45) is 0. The van der Waals surface area contributed by atoms with Gasteiger partial charge in [-0.25, -0.2) is 0 Å². The van der Waals surface area contributed by atoms with Crippen LogP contribution >= 0.6 is 0 Å². The Hall–Kier alpha value is -1.89. The molecule has 6 nitrogen and oxygen atoms in total. The number of hydrogen-bond acceptors (Lipinski definition) is 4. The lowest BCUT2D eigenvalue weighted by Crippen LogP contribution is -2.29. The topological polar surface area (TPSA) is 95.8 Å². The quantitative estimate of drug-likeness (QED) is 0.747. The van der Waals surface area contributed by atoms with E-state index in [9.17, 15) is 13.2 Å². The lowest BCUT2D eigenvalue weighted by atomic mass is 10.2. The lowest BCUT2D eigenvalue weighted by molar-refractivity contribution is -0.135. The average Bonchev–Trinajstić information content (AvgIpc) is 2.49. The normalized spacial score (nSPS) is 16.4. The van der Waals surface area contributed by atoms with Crippen molar-refractivity contribution in [2.75, 3.05) is 6.54 Å². The number of nitrogens with one attached hydrogen (secondary N) is 1. The van der Waals surface area contributed by atoms with Crippen LogP contribution in [0.25, 0.3) is 0 Å². The summed E-state index contributed by atoms with van der Waals surface area (Å²) in [5.74, 6) is -0.998. The molecule has 0 spiro atoms. The summed E-state index contributed by atoms with van der Waals surface area (Å²) in [4.78, 5) is 10.5. The molecule has 0 radical (unpaired) electrons. The molecule has 0 atom stereocenters. The Morgan fingerprint density at radius 3 is 2.75 bits per heavy atom. The van der Waals surface area contributed by atoms with E-state index in [1.807, 2.05) is 0 Å². The molecule has 0 aliphatic carbocycles. The number of amidine groups is 1. The van der Waals surface area contributed by atoms with Crippen LogP contribution in [0, 0.1) is 0 Å². The molecule has 0 saturated heterocycles. The highest BCUT2D eigenvalue weighted by molar-refractivity contribution is 7.90. The number of aliphatic carboxylic acids is 1. The van der Waals surface area contributed by atoms with Crippen molar-refractivity contribution in [3.63, 3.8) is 0 Å². The number of sulfonamides is 1. The Bertz CT molecular complexity index is 577. The summed E-state index contributed by atoms with van der Waals surface area (Å²) >= 11 is 0. The minimum atomic E-state index is -3.67. The first-order valence-electron chi connectivity index (χ1n) is 4.41. The average molecular weight is 240 g/mol. The van der Waals surface area contributed by atoms with Crippen LogP contribution in [-0.2, 0) is 14.8 Å². The predicted molar refractivity (Wildman–Crippen MR) is 55.8 cm³/mol. The third-order valence-electron chi connectivity index (χ3n) is 2.04. The first-order chi connectivity index (χ1) is 7.50. The van der Waals surface area contributed by atoms with Crippen LogP contribution in [0.1, 0.15) is 5.56 Å². The zero-order chi connectivity index (χ0) is 11.8. The van der Waals surface area contributed by atoms with E-state index in [1.165, 1.54) is 6.07 Å². The van der Waals surface area contributed by atoms with E-state index in [1.54, 1.807) is 18.2 Å².